The number of carbonyl (C=O) groups is 2. The molecule has 5 nitrogen and oxygen atoms in total. The highest BCUT2D eigenvalue weighted by atomic mass is 35.5. The molecule has 2 amide bonds. The third kappa shape index (κ3) is 4.21. The number of rotatable bonds is 5. The van der Waals surface area contributed by atoms with Crippen LogP contribution in [0.5, 0.6) is 0 Å². The summed E-state index contributed by atoms with van der Waals surface area (Å²) in [7, 11) is 1.60. The monoisotopic (exact) mass is 427 g/mol. The van der Waals surface area contributed by atoms with E-state index in [0.29, 0.717) is 27.2 Å². The summed E-state index contributed by atoms with van der Waals surface area (Å²) < 4.78 is 0. The first-order valence-electron chi connectivity index (χ1n) is 9.33. The topological polar surface area (TPSA) is 62.3 Å². The molecule has 0 spiro atoms. The van der Waals surface area contributed by atoms with Crippen LogP contribution < -0.4 is 5.32 Å². The maximum atomic E-state index is 13.1. The number of amides is 2. The average molecular weight is 428 g/mol. The number of hydrogen-bond acceptors (Lipinski definition) is 3. The van der Waals surface area contributed by atoms with Crippen molar-refractivity contribution in [1.82, 2.24) is 9.88 Å². The third-order valence-corrected chi connectivity index (χ3v) is 5.55. The lowest BCUT2D eigenvalue weighted by molar-refractivity contribution is -0.116. The SMILES string of the molecule is CN(CC(=O)Nc1c(Cl)cccc1Cl)C(=O)c1cc(C2CC2)nc2ccccc12. The van der Waals surface area contributed by atoms with Gasteiger partial charge in [0.2, 0.25) is 5.91 Å². The van der Waals surface area contributed by atoms with Crippen molar-refractivity contribution in [2.75, 3.05) is 18.9 Å². The first-order chi connectivity index (χ1) is 13.9. The second-order valence-electron chi connectivity index (χ2n) is 7.19. The number of nitrogens with zero attached hydrogens (tertiary/aromatic N) is 2. The van der Waals surface area contributed by atoms with Gasteiger partial charge in [-0.2, -0.15) is 0 Å². The second kappa shape index (κ2) is 8.01. The molecule has 1 fully saturated rings. The van der Waals surface area contributed by atoms with E-state index < -0.39 is 0 Å². The minimum atomic E-state index is -0.378. The predicted octanol–water partition coefficient (Wildman–Crippen LogP) is 5.13. The van der Waals surface area contributed by atoms with Gasteiger partial charge in [0.25, 0.3) is 5.91 Å². The van der Waals surface area contributed by atoms with Crippen LogP contribution in [0.1, 0.15) is 34.8 Å². The summed E-state index contributed by atoms with van der Waals surface area (Å²) >= 11 is 12.2. The molecule has 1 aliphatic rings. The summed E-state index contributed by atoms with van der Waals surface area (Å²) in [6.07, 6.45) is 2.19. The Kier molecular flexibility index (Phi) is 5.43. The van der Waals surface area contributed by atoms with Crippen LogP contribution in [0.4, 0.5) is 5.69 Å². The van der Waals surface area contributed by atoms with Crippen molar-refractivity contribution >= 4 is 51.6 Å². The van der Waals surface area contributed by atoms with Crippen LogP contribution in [0.2, 0.25) is 10.0 Å². The lowest BCUT2D eigenvalue weighted by Gasteiger charge is -2.19. The van der Waals surface area contributed by atoms with E-state index in [9.17, 15) is 9.59 Å². The standard InChI is InChI=1S/C22H19Cl2N3O2/c1-27(12-20(28)26-21-16(23)6-4-7-17(21)24)22(29)15-11-19(13-9-10-13)25-18-8-3-2-5-14(15)18/h2-8,11,13H,9-10,12H2,1H3,(H,26,28). The number of pyridine rings is 1. The van der Waals surface area contributed by atoms with Gasteiger partial charge in [-0.05, 0) is 37.1 Å². The summed E-state index contributed by atoms with van der Waals surface area (Å²) in [4.78, 5) is 31.7. The highest BCUT2D eigenvalue weighted by Crippen LogP contribution is 2.40. The van der Waals surface area contributed by atoms with Gasteiger partial charge in [0.05, 0.1) is 33.4 Å². The summed E-state index contributed by atoms with van der Waals surface area (Å²) in [5.41, 5.74) is 2.63. The number of aromatic nitrogens is 1. The van der Waals surface area contributed by atoms with Gasteiger partial charge >= 0.3 is 0 Å². The number of likely N-dealkylation sites (N-methyl/N-ethyl adjacent to an activating group) is 1. The first-order valence-corrected chi connectivity index (χ1v) is 10.1. The van der Waals surface area contributed by atoms with Crippen molar-refractivity contribution in [2.45, 2.75) is 18.8 Å². The Morgan fingerprint density at radius 2 is 1.79 bits per heavy atom. The Morgan fingerprint density at radius 1 is 1.10 bits per heavy atom. The summed E-state index contributed by atoms with van der Waals surface area (Å²) in [5, 5.41) is 4.15. The molecule has 3 aromatic rings. The van der Waals surface area contributed by atoms with E-state index in [-0.39, 0.29) is 18.4 Å². The van der Waals surface area contributed by atoms with Gasteiger partial charge in [-0.1, -0.05) is 47.5 Å². The molecular weight excluding hydrogens is 409 g/mol. The zero-order chi connectivity index (χ0) is 20.5. The van der Waals surface area contributed by atoms with Crippen LogP contribution in [0, 0.1) is 0 Å². The van der Waals surface area contributed by atoms with E-state index in [1.807, 2.05) is 30.3 Å². The van der Waals surface area contributed by atoms with Crippen molar-refractivity contribution in [1.29, 1.82) is 0 Å². The zero-order valence-corrected chi connectivity index (χ0v) is 17.3. The van der Waals surface area contributed by atoms with Crippen LogP contribution in [-0.2, 0) is 4.79 Å². The number of benzene rings is 2. The zero-order valence-electron chi connectivity index (χ0n) is 15.8. The predicted molar refractivity (Wildman–Crippen MR) is 116 cm³/mol. The number of nitrogens with one attached hydrogen (secondary N) is 1. The van der Waals surface area contributed by atoms with Crippen LogP contribution in [0.3, 0.4) is 0 Å². The Morgan fingerprint density at radius 3 is 2.48 bits per heavy atom. The van der Waals surface area contributed by atoms with Gasteiger partial charge in [-0.3, -0.25) is 14.6 Å². The first kappa shape index (κ1) is 19.7. The van der Waals surface area contributed by atoms with Crippen LogP contribution in [0.25, 0.3) is 10.9 Å². The van der Waals surface area contributed by atoms with Crippen molar-refractivity contribution in [2.24, 2.45) is 0 Å². The fraction of sp³-hybridized carbons (Fsp3) is 0.227. The molecule has 0 aliphatic heterocycles. The fourth-order valence-electron chi connectivity index (χ4n) is 3.25. The van der Waals surface area contributed by atoms with E-state index in [2.05, 4.69) is 5.32 Å². The Labute approximate surface area is 178 Å². The molecule has 7 heteroatoms. The number of carbonyl (C=O) groups excluding carboxylic acids is 2. The molecule has 0 bridgehead atoms. The molecule has 2 aromatic carbocycles. The van der Waals surface area contributed by atoms with E-state index >= 15 is 0 Å². The lowest BCUT2D eigenvalue weighted by Crippen LogP contribution is -2.35. The minimum absolute atomic E-state index is 0.129. The highest BCUT2D eigenvalue weighted by Gasteiger charge is 2.27. The Hall–Kier alpha value is -2.63. The number of halogens is 2. The molecule has 1 heterocycles. The van der Waals surface area contributed by atoms with Crippen molar-refractivity contribution < 1.29 is 9.59 Å². The van der Waals surface area contributed by atoms with Gasteiger partial charge in [-0.15, -0.1) is 0 Å². The molecule has 4 rings (SSSR count). The maximum Gasteiger partial charge on any atom is 0.254 e. The Balaban J connectivity index is 1.56. The van der Waals surface area contributed by atoms with Gasteiger partial charge in [0.1, 0.15) is 0 Å². The number of anilines is 1. The lowest BCUT2D eigenvalue weighted by atomic mass is 10.0. The molecule has 1 aliphatic carbocycles. The van der Waals surface area contributed by atoms with Crippen molar-refractivity contribution in [3.63, 3.8) is 0 Å². The van der Waals surface area contributed by atoms with Crippen molar-refractivity contribution in [3.05, 3.63) is 69.8 Å². The number of fused-ring (bicyclic) bond motifs is 1. The van der Waals surface area contributed by atoms with E-state index in [1.54, 1.807) is 25.2 Å². The van der Waals surface area contributed by atoms with Gasteiger partial charge < -0.3 is 10.2 Å². The summed E-state index contributed by atoms with van der Waals surface area (Å²) in [6, 6.07) is 14.4. The van der Waals surface area contributed by atoms with Crippen LogP contribution in [-0.4, -0.2) is 35.3 Å². The van der Waals surface area contributed by atoms with E-state index in [0.717, 1.165) is 29.4 Å². The number of hydrogen-bond donors (Lipinski definition) is 1. The minimum Gasteiger partial charge on any atom is -0.332 e. The largest absolute Gasteiger partial charge is 0.332 e. The van der Waals surface area contributed by atoms with Crippen LogP contribution >= 0.6 is 23.2 Å². The second-order valence-corrected chi connectivity index (χ2v) is 8.01. The van der Waals surface area contributed by atoms with Gasteiger partial charge in [0.15, 0.2) is 0 Å². The average Bonchev–Trinajstić information content (AvgIpc) is 3.55. The molecule has 29 heavy (non-hydrogen) atoms. The summed E-state index contributed by atoms with van der Waals surface area (Å²) in [6.45, 7) is -0.129. The van der Waals surface area contributed by atoms with Crippen LogP contribution in [0.15, 0.2) is 48.5 Å². The van der Waals surface area contributed by atoms with Gasteiger partial charge in [0, 0.05) is 24.0 Å². The molecule has 1 N–H and O–H groups in total. The molecular formula is C22H19Cl2N3O2. The van der Waals surface area contributed by atoms with E-state index in [1.165, 1.54) is 4.90 Å². The molecule has 0 radical (unpaired) electrons. The molecule has 0 saturated heterocycles. The Bertz CT molecular complexity index is 1090. The highest BCUT2D eigenvalue weighted by molar-refractivity contribution is 6.39. The maximum absolute atomic E-state index is 13.1. The molecule has 0 atom stereocenters. The molecule has 0 unspecified atom stereocenters. The molecule has 148 valence electrons. The third-order valence-electron chi connectivity index (χ3n) is 4.92. The molecule has 1 saturated carbocycles. The summed E-state index contributed by atoms with van der Waals surface area (Å²) in [5.74, 6) is -0.190. The van der Waals surface area contributed by atoms with Gasteiger partial charge in [-0.25, -0.2) is 0 Å². The fourth-order valence-corrected chi connectivity index (χ4v) is 3.74. The molecule has 1 aromatic heterocycles. The number of para-hydroxylation sites is 2. The van der Waals surface area contributed by atoms with E-state index in [4.69, 9.17) is 28.2 Å². The smallest absolute Gasteiger partial charge is 0.254 e. The quantitative estimate of drug-likeness (QED) is 0.613. The van der Waals surface area contributed by atoms with Crippen molar-refractivity contribution in [3.8, 4) is 0 Å². The normalized spacial score (nSPS) is 13.3.